The molecule has 0 saturated carbocycles. The Bertz CT molecular complexity index is 964. The number of piperidine rings is 1. The van der Waals surface area contributed by atoms with Crippen LogP contribution in [0.25, 0.3) is 11.0 Å². The molecule has 27 heavy (non-hydrogen) atoms. The van der Waals surface area contributed by atoms with Crippen molar-refractivity contribution in [1.82, 2.24) is 0 Å². The smallest absolute Gasteiger partial charge is 0.200 e. The fraction of sp³-hybridized carbons (Fsp3) is 0.524. The van der Waals surface area contributed by atoms with E-state index in [-0.39, 0.29) is 5.43 Å². The summed E-state index contributed by atoms with van der Waals surface area (Å²) in [4.78, 5) is 14.9. The van der Waals surface area contributed by atoms with Crippen molar-refractivity contribution in [2.75, 3.05) is 18.0 Å². The van der Waals surface area contributed by atoms with Crippen LogP contribution in [0.4, 0.5) is 5.88 Å². The number of hydrogen-bond acceptors (Lipinski definition) is 4. The predicted molar refractivity (Wildman–Crippen MR) is 113 cm³/mol. The second-order valence-corrected chi connectivity index (χ2v) is 10.1. The summed E-state index contributed by atoms with van der Waals surface area (Å²) in [5, 5.41) is 0.543. The van der Waals surface area contributed by atoms with Gasteiger partial charge in [0, 0.05) is 24.7 Å². The van der Waals surface area contributed by atoms with Gasteiger partial charge in [0.2, 0.25) is 0 Å². The average molecular weight is 389 g/mol. The van der Waals surface area contributed by atoms with Gasteiger partial charge in [-0.05, 0) is 71.6 Å². The van der Waals surface area contributed by atoms with E-state index in [1.165, 1.54) is 6.42 Å². The highest BCUT2D eigenvalue weighted by molar-refractivity contribution is 7.85. The Balaban J connectivity index is 2.16. The molecule has 2 aromatic rings. The van der Waals surface area contributed by atoms with Gasteiger partial charge in [-0.2, -0.15) is 4.40 Å². The van der Waals surface area contributed by atoms with E-state index in [0.717, 1.165) is 37.1 Å². The lowest BCUT2D eigenvalue weighted by Gasteiger charge is -2.27. The van der Waals surface area contributed by atoms with Gasteiger partial charge in [-0.25, -0.2) is 4.21 Å². The molecule has 1 unspecified atom stereocenters. The van der Waals surface area contributed by atoms with Crippen LogP contribution in [0.2, 0.25) is 0 Å². The molecule has 146 valence electrons. The first kappa shape index (κ1) is 19.8. The summed E-state index contributed by atoms with van der Waals surface area (Å²) in [7, 11) is -1.37. The van der Waals surface area contributed by atoms with Gasteiger partial charge in [0.1, 0.15) is 16.6 Å². The van der Waals surface area contributed by atoms with Gasteiger partial charge in [0.05, 0.1) is 15.8 Å². The summed E-state index contributed by atoms with van der Waals surface area (Å²) in [5.41, 5.74) is 2.79. The van der Waals surface area contributed by atoms with Crippen LogP contribution >= 0.6 is 0 Å². The van der Waals surface area contributed by atoms with E-state index in [2.05, 4.69) is 9.30 Å². The van der Waals surface area contributed by atoms with Gasteiger partial charge < -0.3 is 9.32 Å². The molecule has 2 heterocycles. The van der Waals surface area contributed by atoms with Crippen molar-refractivity contribution < 1.29 is 8.63 Å². The molecule has 1 aliphatic rings. The number of hydrogen-bond donors (Lipinski definition) is 0. The topological polar surface area (TPSA) is 62.9 Å². The van der Waals surface area contributed by atoms with Gasteiger partial charge in [-0.15, -0.1) is 0 Å². The van der Waals surface area contributed by atoms with E-state index < -0.39 is 15.7 Å². The standard InChI is InChI=1S/C21H28N2O3S/c1-14-11-16(15(2)22-27(25)21(3,4)5)20-17(12-14)18(24)13-19(26-20)23-9-7-6-8-10-23/h11-13H,6-10H2,1-5H3. The molecule has 3 rings (SSSR count). The van der Waals surface area contributed by atoms with Gasteiger partial charge >= 0.3 is 0 Å². The van der Waals surface area contributed by atoms with E-state index in [0.29, 0.717) is 22.6 Å². The lowest BCUT2D eigenvalue weighted by molar-refractivity contribution is 0.512. The third kappa shape index (κ3) is 4.32. The summed E-state index contributed by atoms with van der Waals surface area (Å²) >= 11 is 0. The van der Waals surface area contributed by atoms with Crippen LogP contribution in [-0.4, -0.2) is 27.8 Å². The zero-order chi connectivity index (χ0) is 19.8. The lowest BCUT2D eigenvalue weighted by Crippen LogP contribution is -2.30. The predicted octanol–water partition coefficient (Wildman–Crippen LogP) is 4.36. The minimum Gasteiger partial charge on any atom is -0.440 e. The molecule has 0 bridgehead atoms. The zero-order valence-corrected chi connectivity index (χ0v) is 17.6. The van der Waals surface area contributed by atoms with Crippen molar-refractivity contribution in [2.24, 2.45) is 4.40 Å². The molecule has 0 amide bonds. The highest BCUT2D eigenvalue weighted by Crippen LogP contribution is 2.27. The first-order chi connectivity index (χ1) is 12.7. The van der Waals surface area contributed by atoms with Gasteiger partial charge in [0.25, 0.3) is 0 Å². The Hall–Kier alpha value is -1.95. The average Bonchev–Trinajstić information content (AvgIpc) is 2.61. The van der Waals surface area contributed by atoms with E-state index in [1.54, 1.807) is 6.07 Å². The molecule has 0 spiro atoms. The molecule has 1 aliphatic heterocycles. The Morgan fingerprint density at radius 1 is 1.15 bits per heavy atom. The van der Waals surface area contributed by atoms with Crippen molar-refractivity contribution >= 4 is 33.6 Å². The SMILES string of the molecule is CC(=NS(=O)C(C)(C)C)c1cc(C)cc2c(=O)cc(N3CCCCC3)oc12. The fourth-order valence-corrected chi connectivity index (χ4v) is 3.86. The van der Waals surface area contributed by atoms with Gasteiger partial charge in [-0.3, -0.25) is 4.79 Å². The van der Waals surface area contributed by atoms with Crippen molar-refractivity contribution in [3.05, 3.63) is 39.5 Å². The summed E-state index contributed by atoms with van der Waals surface area (Å²) in [6.45, 7) is 11.2. The summed E-state index contributed by atoms with van der Waals surface area (Å²) in [5.74, 6) is 0.613. The van der Waals surface area contributed by atoms with Gasteiger partial charge in [0.15, 0.2) is 11.3 Å². The Kier molecular flexibility index (Phi) is 5.56. The molecule has 0 aliphatic carbocycles. The largest absolute Gasteiger partial charge is 0.440 e. The van der Waals surface area contributed by atoms with Crippen LogP contribution in [0, 0.1) is 6.92 Å². The number of nitrogens with zero attached hydrogens (tertiary/aromatic N) is 2. The minimum atomic E-state index is -1.37. The van der Waals surface area contributed by atoms with Crippen molar-refractivity contribution in [3.63, 3.8) is 0 Å². The summed E-state index contributed by atoms with van der Waals surface area (Å²) in [6.07, 6.45) is 3.42. The van der Waals surface area contributed by atoms with Crippen LogP contribution in [-0.2, 0) is 11.0 Å². The highest BCUT2D eigenvalue weighted by atomic mass is 32.2. The van der Waals surface area contributed by atoms with E-state index in [1.807, 2.05) is 46.8 Å². The first-order valence-electron chi connectivity index (χ1n) is 9.48. The molecule has 0 N–H and O–H groups in total. The third-order valence-corrected chi connectivity index (χ3v) is 6.25. The van der Waals surface area contributed by atoms with E-state index in [9.17, 15) is 9.00 Å². The second-order valence-electron chi connectivity index (χ2n) is 8.22. The molecule has 1 fully saturated rings. The van der Waals surface area contributed by atoms with Crippen LogP contribution in [0.3, 0.4) is 0 Å². The Labute approximate surface area is 163 Å². The highest BCUT2D eigenvalue weighted by Gasteiger charge is 2.21. The molecule has 1 aromatic heterocycles. The molecular weight excluding hydrogens is 360 g/mol. The summed E-state index contributed by atoms with van der Waals surface area (Å²) < 4.78 is 22.6. The quantitative estimate of drug-likeness (QED) is 0.733. The van der Waals surface area contributed by atoms with Gasteiger partial charge in [-0.1, -0.05) is 0 Å². The number of fused-ring (bicyclic) bond motifs is 1. The summed E-state index contributed by atoms with van der Waals surface area (Å²) in [6, 6.07) is 5.39. The van der Waals surface area contributed by atoms with Crippen LogP contribution in [0.1, 0.15) is 58.1 Å². The molecule has 1 atom stereocenters. The van der Waals surface area contributed by atoms with Crippen molar-refractivity contribution in [1.29, 1.82) is 0 Å². The third-order valence-electron chi connectivity index (χ3n) is 4.76. The number of aryl methyl sites for hydroxylation is 1. The molecule has 5 nitrogen and oxygen atoms in total. The first-order valence-corrected chi connectivity index (χ1v) is 10.6. The Morgan fingerprint density at radius 2 is 1.81 bits per heavy atom. The van der Waals surface area contributed by atoms with Crippen molar-refractivity contribution in [2.45, 2.75) is 58.6 Å². The zero-order valence-electron chi connectivity index (χ0n) is 16.8. The Morgan fingerprint density at radius 3 is 2.44 bits per heavy atom. The maximum Gasteiger partial charge on any atom is 0.200 e. The molecule has 1 aromatic carbocycles. The van der Waals surface area contributed by atoms with Crippen molar-refractivity contribution in [3.8, 4) is 0 Å². The fourth-order valence-electron chi connectivity index (χ4n) is 3.24. The number of benzene rings is 1. The molecule has 6 heteroatoms. The molecule has 0 radical (unpaired) electrons. The lowest BCUT2D eigenvalue weighted by atomic mass is 10.0. The second kappa shape index (κ2) is 7.58. The normalized spacial score (nSPS) is 17.4. The van der Waals surface area contributed by atoms with E-state index in [4.69, 9.17) is 4.42 Å². The monoisotopic (exact) mass is 388 g/mol. The molecular formula is C21H28N2O3S. The van der Waals surface area contributed by atoms with Crippen LogP contribution in [0.15, 0.2) is 31.8 Å². The number of rotatable bonds is 3. The van der Waals surface area contributed by atoms with E-state index >= 15 is 0 Å². The number of anilines is 1. The molecule has 1 saturated heterocycles. The maximum atomic E-state index is 12.8. The minimum absolute atomic E-state index is 0.0495. The van der Waals surface area contributed by atoms with Crippen LogP contribution in [0.5, 0.6) is 0 Å². The maximum absolute atomic E-state index is 12.8. The van der Waals surface area contributed by atoms with Crippen LogP contribution < -0.4 is 10.3 Å².